The summed E-state index contributed by atoms with van der Waals surface area (Å²) >= 11 is 3.32. The van der Waals surface area contributed by atoms with Crippen LogP contribution in [0.25, 0.3) is 6.08 Å². The number of hydrogen-bond donors (Lipinski definition) is 1. The maximum absolute atomic E-state index is 13.3. The number of ether oxygens (including phenoxy) is 1. The van der Waals surface area contributed by atoms with Crippen LogP contribution in [-0.2, 0) is 4.74 Å². The highest BCUT2D eigenvalue weighted by Crippen LogP contribution is 2.16. The first-order chi connectivity index (χ1) is 8.24. The topological polar surface area (TPSA) is 21.3 Å². The lowest BCUT2D eigenvalue weighted by molar-refractivity contribution is 0.199. The molecule has 17 heavy (non-hydrogen) atoms. The van der Waals surface area contributed by atoms with Gasteiger partial charge in [-0.15, -0.1) is 0 Å². The summed E-state index contributed by atoms with van der Waals surface area (Å²) in [4.78, 5) is 0. The van der Waals surface area contributed by atoms with Crippen LogP contribution in [0.5, 0.6) is 0 Å². The average molecular weight is 302 g/mol. The maximum Gasteiger partial charge on any atom is 0.130 e. The van der Waals surface area contributed by atoms with Gasteiger partial charge in [0, 0.05) is 23.7 Å². The summed E-state index contributed by atoms with van der Waals surface area (Å²) in [6.45, 7) is 2.43. The number of nitrogens with one attached hydrogen (secondary N) is 1. The van der Waals surface area contributed by atoms with Crippen molar-refractivity contribution in [2.75, 3.05) is 26.8 Å². The molecule has 0 aliphatic heterocycles. The molecule has 94 valence electrons. The van der Waals surface area contributed by atoms with Crippen LogP contribution in [0, 0.1) is 5.82 Å². The Morgan fingerprint density at radius 3 is 3.00 bits per heavy atom. The van der Waals surface area contributed by atoms with E-state index in [0.29, 0.717) is 12.2 Å². The van der Waals surface area contributed by atoms with Gasteiger partial charge in [-0.1, -0.05) is 28.1 Å². The lowest BCUT2D eigenvalue weighted by atomic mass is 10.2. The van der Waals surface area contributed by atoms with Crippen molar-refractivity contribution in [3.05, 3.63) is 40.1 Å². The van der Waals surface area contributed by atoms with Gasteiger partial charge in [-0.25, -0.2) is 4.39 Å². The Morgan fingerprint density at radius 1 is 1.41 bits per heavy atom. The summed E-state index contributed by atoms with van der Waals surface area (Å²) < 4.78 is 19.1. The van der Waals surface area contributed by atoms with E-state index in [4.69, 9.17) is 4.74 Å². The van der Waals surface area contributed by atoms with Crippen molar-refractivity contribution in [2.45, 2.75) is 6.42 Å². The van der Waals surface area contributed by atoms with E-state index in [1.807, 2.05) is 6.08 Å². The zero-order chi connectivity index (χ0) is 12.5. The molecule has 0 aromatic heterocycles. The molecule has 4 heteroatoms. The highest BCUT2D eigenvalue weighted by Gasteiger charge is 1.97. The van der Waals surface area contributed by atoms with Crippen LogP contribution < -0.4 is 5.32 Å². The third kappa shape index (κ3) is 5.96. The molecule has 1 N–H and O–H groups in total. The summed E-state index contributed by atoms with van der Waals surface area (Å²) in [5, 5.41) is 3.22. The van der Waals surface area contributed by atoms with Crippen molar-refractivity contribution in [1.82, 2.24) is 5.32 Å². The molecule has 0 atom stereocenters. The summed E-state index contributed by atoms with van der Waals surface area (Å²) in [6, 6.07) is 4.92. The second-order valence-electron chi connectivity index (χ2n) is 3.60. The van der Waals surface area contributed by atoms with Crippen LogP contribution in [0.2, 0.25) is 0 Å². The maximum atomic E-state index is 13.3. The van der Waals surface area contributed by atoms with Gasteiger partial charge in [0.25, 0.3) is 0 Å². The summed E-state index contributed by atoms with van der Waals surface area (Å²) in [5.41, 5.74) is 0.608. The molecule has 0 saturated carbocycles. The first-order valence-corrected chi connectivity index (χ1v) is 6.34. The molecule has 0 fully saturated rings. The van der Waals surface area contributed by atoms with E-state index >= 15 is 0 Å². The quantitative estimate of drug-likeness (QED) is 0.781. The van der Waals surface area contributed by atoms with Gasteiger partial charge in [0.1, 0.15) is 5.82 Å². The molecule has 0 unspecified atom stereocenters. The Labute approximate surface area is 110 Å². The smallest absolute Gasteiger partial charge is 0.130 e. The molecule has 0 bridgehead atoms. The Hall–Kier alpha value is -0.710. The van der Waals surface area contributed by atoms with Crippen molar-refractivity contribution in [3.63, 3.8) is 0 Å². The Bertz CT molecular complexity index is 368. The van der Waals surface area contributed by atoms with E-state index in [1.54, 1.807) is 25.3 Å². The standard InChI is InChI=1S/C13H17BrFNO/c1-17-9-8-16-7-3-2-4-11-10-12(14)5-6-13(11)15/h2,4-6,10,16H,3,7-9H2,1H3. The Kier molecular flexibility index (Phi) is 7.08. The van der Waals surface area contributed by atoms with Crippen molar-refractivity contribution in [3.8, 4) is 0 Å². The van der Waals surface area contributed by atoms with Gasteiger partial charge in [-0.3, -0.25) is 0 Å². The fourth-order valence-electron chi connectivity index (χ4n) is 1.34. The fraction of sp³-hybridized carbons (Fsp3) is 0.385. The van der Waals surface area contributed by atoms with Crippen molar-refractivity contribution >= 4 is 22.0 Å². The number of benzene rings is 1. The van der Waals surface area contributed by atoms with E-state index in [2.05, 4.69) is 21.2 Å². The van der Waals surface area contributed by atoms with Crippen molar-refractivity contribution in [1.29, 1.82) is 0 Å². The summed E-state index contributed by atoms with van der Waals surface area (Å²) in [5.74, 6) is -0.197. The van der Waals surface area contributed by atoms with Crippen LogP contribution in [0.4, 0.5) is 4.39 Å². The van der Waals surface area contributed by atoms with Gasteiger partial charge in [0.2, 0.25) is 0 Å². The molecule has 0 aliphatic carbocycles. The third-order valence-corrected chi connectivity index (χ3v) is 2.72. The third-order valence-electron chi connectivity index (χ3n) is 2.23. The van der Waals surface area contributed by atoms with E-state index in [0.717, 1.165) is 24.0 Å². The highest BCUT2D eigenvalue weighted by atomic mass is 79.9. The van der Waals surface area contributed by atoms with Crippen LogP contribution in [0.1, 0.15) is 12.0 Å². The van der Waals surface area contributed by atoms with Gasteiger partial charge in [0.15, 0.2) is 0 Å². The molecule has 0 spiro atoms. The SMILES string of the molecule is COCCNCCC=Cc1cc(Br)ccc1F. The molecular weight excluding hydrogens is 285 g/mol. The van der Waals surface area contributed by atoms with Crippen molar-refractivity contribution in [2.24, 2.45) is 0 Å². The molecule has 1 aromatic rings. The first-order valence-electron chi connectivity index (χ1n) is 5.55. The molecule has 1 aromatic carbocycles. The van der Waals surface area contributed by atoms with Crippen LogP contribution in [0.15, 0.2) is 28.7 Å². The largest absolute Gasteiger partial charge is 0.383 e. The number of methoxy groups -OCH3 is 1. The molecule has 0 amide bonds. The fourth-order valence-corrected chi connectivity index (χ4v) is 1.72. The van der Waals surface area contributed by atoms with Gasteiger partial charge in [-0.05, 0) is 31.2 Å². The molecule has 0 radical (unpaired) electrons. The van der Waals surface area contributed by atoms with Gasteiger partial charge in [0.05, 0.1) is 6.61 Å². The molecule has 2 nitrogen and oxygen atoms in total. The summed E-state index contributed by atoms with van der Waals surface area (Å²) in [6.07, 6.45) is 4.64. The lowest BCUT2D eigenvalue weighted by Gasteiger charge is -2.01. The minimum Gasteiger partial charge on any atom is -0.383 e. The average Bonchev–Trinajstić information content (AvgIpc) is 2.32. The lowest BCUT2D eigenvalue weighted by Crippen LogP contribution is -2.19. The first kappa shape index (κ1) is 14.4. The van der Waals surface area contributed by atoms with E-state index in [1.165, 1.54) is 6.07 Å². The zero-order valence-corrected chi connectivity index (χ0v) is 11.5. The van der Waals surface area contributed by atoms with E-state index in [9.17, 15) is 4.39 Å². The van der Waals surface area contributed by atoms with Crippen LogP contribution >= 0.6 is 15.9 Å². The molecular formula is C13H17BrFNO. The predicted molar refractivity (Wildman–Crippen MR) is 72.5 cm³/mol. The van der Waals surface area contributed by atoms with Crippen LogP contribution in [-0.4, -0.2) is 26.8 Å². The molecule has 0 heterocycles. The second-order valence-corrected chi connectivity index (χ2v) is 4.52. The zero-order valence-electron chi connectivity index (χ0n) is 9.88. The number of hydrogen-bond acceptors (Lipinski definition) is 2. The minimum absolute atomic E-state index is 0.197. The molecule has 0 saturated heterocycles. The summed E-state index contributed by atoms with van der Waals surface area (Å²) in [7, 11) is 1.68. The van der Waals surface area contributed by atoms with E-state index < -0.39 is 0 Å². The van der Waals surface area contributed by atoms with Gasteiger partial charge < -0.3 is 10.1 Å². The highest BCUT2D eigenvalue weighted by molar-refractivity contribution is 9.10. The predicted octanol–water partition coefficient (Wildman–Crippen LogP) is 3.23. The monoisotopic (exact) mass is 301 g/mol. The molecule has 0 aliphatic rings. The minimum atomic E-state index is -0.197. The second kappa shape index (κ2) is 8.39. The van der Waals surface area contributed by atoms with E-state index in [-0.39, 0.29) is 5.82 Å². The number of rotatable bonds is 7. The number of halogens is 2. The van der Waals surface area contributed by atoms with Gasteiger partial charge in [-0.2, -0.15) is 0 Å². The van der Waals surface area contributed by atoms with Crippen molar-refractivity contribution < 1.29 is 9.13 Å². The van der Waals surface area contributed by atoms with Crippen LogP contribution in [0.3, 0.4) is 0 Å². The Morgan fingerprint density at radius 2 is 2.24 bits per heavy atom. The normalized spacial score (nSPS) is 11.2. The Balaban J connectivity index is 2.30. The van der Waals surface area contributed by atoms with Gasteiger partial charge >= 0.3 is 0 Å². The molecule has 1 rings (SSSR count).